The second kappa shape index (κ2) is 8.23. The topological polar surface area (TPSA) is 12.5 Å². The summed E-state index contributed by atoms with van der Waals surface area (Å²) >= 11 is 0. The molecular formula is C20H27BFNO. The third kappa shape index (κ3) is 4.31. The molecule has 0 bridgehead atoms. The highest BCUT2D eigenvalue weighted by Gasteiger charge is 2.13. The van der Waals surface area contributed by atoms with Gasteiger partial charge in [-0.1, -0.05) is 33.2 Å². The average molecular weight is 327 g/mol. The fraction of sp³-hybridized carbons (Fsp3) is 0.400. The number of rotatable bonds is 4. The maximum absolute atomic E-state index is 14.1. The fourth-order valence-corrected chi connectivity index (χ4v) is 3.07. The first kappa shape index (κ1) is 18.4. The van der Waals surface area contributed by atoms with E-state index in [1.54, 1.807) is 0 Å². The molecule has 0 atom stereocenters. The van der Waals surface area contributed by atoms with E-state index in [-0.39, 0.29) is 20.0 Å². The number of hydrogen-bond acceptors (Lipinski definition) is 2. The highest BCUT2D eigenvalue weighted by molar-refractivity contribution is 6.70. The van der Waals surface area contributed by atoms with Crippen LogP contribution in [-0.2, 0) is 0 Å². The van der Waals surface area contributed by atoms with Gasteiger partial charge in [-0.3, -0.25) is 0 Å². The van der Waals surface area contributed by atoms with Crippen molar-refractivity contribution in [3.8, 4) is 11.5 Å². The van der Waals surface area contributed by atoms with Crippen molar-refractivity contribution in [2.24, 2.45) is 0 Å². The Morgan fingerprint density at radius 1 is 0.958 bits per heavy atom. The van der Waals surface area contributed by atoms with Crippen LogP contribution in [0.3, 0.4) is 0 Å². The van der Waals surface area contributed by atoms with Crippen molar-refractivity contribution < 1.29 is 9.13 Å². The Kier molecular flexibility index (Phi) is 6.30. The van der Waals surface area contributed by atoms with Crippen molar-refractivity contribution in [1.82, 2.24) is 0 Å². The van der Waals surface area contributed by atoms with Crippen molar-refractivity contribution in [2.75, 3.05) is 18.0 Å². The molecule has 0 spiro atoms. The SMILES string of the molecule is C.CB(C)c1ccc(Oc2cccc(N3CCCCC3)c2)cc1F. The summed E-state index contributed by atoms with van der Waals surface area (Å²) in [5.41, 5.74) is 1.90. The van der Waals surface area contributed by atoms with Crippen LogP contribution >= 0.6 is 0 Å². The van der Waals surface area contributed by atoms with Crippen molar-refractivity contribution in [1.29, 1.82) is 0 Å². The molecule has 0 radical (unpaired) electrons. The first-order valence-electron chi connectivity index (χ1n) is 8.46. The van der Waals surface area contributed by atoms with Crippen molar-refractivity contribution in [3.05, 3.63) is 48.3 Å². The highest BCUT2D eigenvalue weighted by Crippen LogP contribution is 2.27. The van der Waals surface area contributed by atoms with E-state index in [2.05, 4.69) is 11.0 Å². The summed E-state index contributed by atoms with van der Waals surface area (Å²) in [6, 6.07) is 13.2. The van der Waals surface area contributed by atoms with Gasteiger partial charge in [0.05, 0.1) is 0 Å². The number of hydrogen-bond donors (Lipinski definition) is 0. The summed E-state index contributed by atoms with van der Waals surface area (Å²) in [6.07, 6.45) is 3.80. The predicted octanol–water partition coefficient (Wildman–Crippen LogP) is 5.21. The molecule has 128 valence electrons. The number of piperidine rings is 1. The molecule has 0 N–H and O–H groups in total. The first-order chi connectivity index (χ1) is 11.1. The Morgan fingerprint density at radius 2 is 1.67 bits per heavy atom. The van der Waals surface area contributed by atoms with Gasteiger partial charge in [-0.15, -0.1) is 0 Å². The van der Waals surface area contributed by atoms with Crippen LogP contribution in [0.1, 0.15) is 26.7 Å². The van der Waals surface area contributed by atoms with Crippen LogP contribution in [0, 0.1) is 5.82 Å². The molecule has 1 aliphatic rings. The molecule has 1 aliphatic heterocycles. The molecule has 1 heterocycles. The lowest BCUT2D eigenvalue weighted by molar-refractivity contribution is 0.477. The van der Waals surface area contributed by atoms with E-state index in [1.165, 1.54) is 31.0 Å². The maximum Gasteiger partial charge on any atom is 0.173 e. The van der Waals surface area contributed by atoms with Crippen LogP contribution in [0.5, 0.6) is 11.5 Å². The lowest BCUT2D eigenvalue weighted by Gasteiger charge is -2.29. The molecule has 1 saturated heterocycles. The average Bonchev–Trinajstić information content (AvgIpc) is 2.56. The summed E-state index contributed by atoms with van der Waals surface area (Å²) < 4.78 is 19.9. The van der Waals surface area contributed by atoms with Crippen LogP contribution in [0.15, 0.2) is 42.5 Å². The third-order valence-corrected chi connectivity index (χ3v) is 4.37. The van der Waals surface area contributed by atoms with Crippen LogP contribution in [0.4, 0.5) is 10.1 Å². The minimum atomic E-state index is -0.204. The Morgan fingerprint density at radius 3 is 2.33 bits per heavy atom. The molecular weight excluding hydrogens is 300 g/mol. The molecule has 0 saturated carbocycles. The van der Waals surface area contributed by atoms with E-state index in [4.69, 9.17) is 4.74 Å². The van der Waals surface area contributed by atoms with Gasteiger partial charge in [0, 0.05) is 30.9 Å². The van der Waals surface area contributed by atoms with Gasteiger partial charge in [0.25, 0.3) is 0 Å². The predicted molar refractivity (Wildman–Crippen MR) is 103 cm³/mol. The van der Waals surface area contributed by atoms with Gasteiger partial charge >= 0.3 is 0 Å². The van der Waals surface area contributed by atoms with Gasteiger partial charge in [-0.25, -0.2) is 4.39 Å². The second-order valence-electron chi connectivity index (χ2n) is 6.49. The molecule has 2 aromatic carbocycles. The number of halogens is 1. The van der Waals surface area contributed by atoms with Gasteiger partial charge in [0.1, 0.15) is 17.3 Å². The minimum absolute atomic E-state index is 0. The minimum Gasteiger partial charge on any atom is -0.457 e. The van der Waals surface area contributed by atoms with Crippen LogP contribution in [-0.4, -0.2) is 19.8 Å². The molecule has 0 unspecified atom stereocenters. The molecule has 0 aromatic heterocycles. The van der Waals surface area contributed by atoms with E-state index in [1.807, 2.05) is 44.0 Å². The smallest absolute Gasteiger partial charge is 0.173 e. The van der Waals surface area contributed by atoms with E-state index in [9.17, 15) is 4.39 Å². The van der Waals surface area contributed by atoms with E-state index in [0.717, 1.165) is 24.3 Å². The second-order valence-corrected chi connectivity index (χ2v) is 6.49. The highest BCUT2D eigenvalue weighted by atomic mass is 19.1. The molecule has 2 aromatic rings. The molecule has 24 heavy (non-hydrogen) atoms. The number of benzene rings is 2. The van der Waals surface area contributed by atoms with E-state index < -0.39 is 0 Å². The van der Waals surface area contributed by atoms with Gasteiger partial charge < -0.3 is 9.64 Å². The summed E-state index contributed by atoms with van der Waals surface area (Å²) in [6.45, 7) is 6.34. The largest absolute Gasteiger partial charge is 0.457 e. The molecule has 3 rings (SSSR count). The van der Waals surface area contributed by atoms with Gasteiger partial charge in [0.15, 0.2) is 6.71 Å². The normalized spacial score (nSPS) is 14.0. The van der Waals surface area contributed by atoms with Crippen LogP contribution in [0.2, 0.25) is 13.6 Å². The Hall–Kier alpha value is -1.97. The van der Waals surface area contributed by atoms with Crippen LogP contribution < -0.4 is 15.1 Å². The Balaban J connectivity index is 0.00000208. The summed E-state index contributed by atoms with van der Waals surface area (Å²) in [4.78, 5) is 2.39. The van der Waals surface area contributed by atoms with E-state index in [0.29, 0.717) is 5.75 Å². The standard InChI is InChI=1S/C19H23BFNO.CH4/c1-20(2)18-10-9-17(14-19(18)21)23-16-8-6-7-15(13-16)22-11-4-3-5-12-22;/h6-10,13-14H,3-5,11-12H2,1-2H3;1H4. The summed E-state index contributed by atoms with van der Waals surface area (Å²) in [7, 11) is 0. The number of ether oxygens (including phenoxy) is 1. The van der Waals surface area contributed by atoms with Crippen molar-refractivity contribution >= 4 is 17.9 Å². The van der Waals surface area contributed by atoms with Crippen LogP contribution in [0.25, 0.3) is 0 Å². The Labute approximate surface area is 145 Å². The summed E-state index contributed by atoms with van der Waals surface area (Å²) in [5.74, 6) is 1.09. The lowest BCUT2D eigenvalue weighted by atomic mass is 9.49. The zero-order valence-corrected chi connectivity index (χ0v) is 13.9. The summed E-state index contributed by atoms with van der Waals surface area (Å²) in [5, 5.41) is 0. The van der Waals surface area contributed by atoms with Crippen molar-refractivity contribution in [3.63, 3.8) is 0 Å². The maximum atomic E-state index is 14.1. The lowest BCUT2D eigenvalue weighted by Crippen LogP contribution is -2.29. The first-order valence-corrected chi connectivity index (χ1v) is 8.46. The number of anilines is 1. The number of nitrogens with zero attached hydrogens (tertiary/aromatic N) is 1. The van der Waals surface area contributed by atoms with Gasteiger partial charge in [0.2, 0.25) is 0 Å². The molecule has 0 amide bonds. The Bertz CT molecular complexity index is 668. The van der Waals surface area contributed by atoms with Gasteiger partial charge in [-0.2, -0.15) is 0 Å². The van der Waals surface area contributed by atoms with E-state index >= 15 is 0 Å². The molecule has 4 heteroatoms. The quantitative estimate of drug-likeness (QED) is 0.715. The fourth-order valence-electron chi connectivity index (χ4n) is 3.07. The van der Waals surface area contributed by atoms with Gasteiger partial charge in [-0.05, 0) is 42.9 Å². The molecule has 0 aliphatic carbocycles. The third-order valence-electron chi connectivity index (χ3n) is 4.37. The van der Waals surface area contributed by atoms with Crippen molar-refractivity contribution in [2.45, 2.75) is 40.3 Å². The monoisotopic (exact) mass is 327 g/mol. The zero-order valence-electron chi connectivity index (χ0n) is 13.9. The molecule has 2 nitrogen and oxygen atoms in total. The zero-order chi connectivity index (χ0) is 16.2. The molecule has 1 fully saturated rings.